The van der Waals surface area contributed by atoms with Crippen LogP contribution >= 0.6 is 0 Å². The van der Waals surface area contributed by atoms with Crippen LogP contribution < -0.4 is 0 Å². The number of hydrogen-bond donors (Lipinski definition) is 1. The smallest absolute Gasteiger partial charge is 0.440 e. The quantitative estimate of drug-likeness (QED) is 0.850. The van der Waals surface area contributed by atoms with E-state index in [1.807, 2.05) is 0 Å². The van der Waals surface area contributed by atoms with Crippen molar-refractivity contribution in [2.24, 2.45) is 4.99 Å². The van der Waals surface area contributed by atoms with Crippen LogP contribution in [0.5, 0.6) is 0 Å². The molecule has 1 N–H and O–H groups in total. The molecule has 0 aliphatic carbocycles. The van der Waals surface area contributed by atoms with E-state index >= 15 is 0 Å². The Bertz CT molecular complexity index is 594. The van der Waals surface area contributed by atoms with Crippen molar-refractivity contribution in [3.8, 4) is 0 Å². The number of halogens is 6. The van der Waals surface area contributed by atoms with Gasteiger partial charge in [-0.2, -0.15) is 26.3 Å². The van der Waals surface area contributed by atoms with Crippen molar-refractivity contribution in [3.05, 3.63) is 35.9 Å². The fraction of sp³-hybridized carbons (Fsp3) is 0.333. The van der Waals surface area contributed by atoms with E-state index < -0.39 is 35.9 Å². The number of carboxylic acids is 1. The summed E-state index contributed by atoms with van der Waals surface area (Å²) in [4.78, 5) is 13.9. The number of carboxylic acid groups (broad SMARTS) is 1. The predicted octanol–water partition coefficient (Wildman–Crippen LogP) is 2.78. The summed E-state index contributed by atoms with van der Waals surface area (Å²) >= 11 is 0. The van der Waals surface area contributed by atoms with Crippen molar-refractivity contribution in [2.45, 2.75) is 24.0 Å². The van der Waals surface area contributed by atoms with E-state index in [2.05, 4.69) is 9.73 Å². The summed E-state index contributed by atoms with van der Waals surface area (Å²) in [5.74, 6) is -3.41. The molecule has 0 aromatic heterocycles. The standard InChI is InChI=1S/C12H7F6NO3/c13-11(14,15)10(12(16,17)18)7(9(20)21)19-8(22-10)6-4-2-1-3-5-6/h1-5,7H,(H,20,21). The van der Waals surface area contributed by atoms with E-state index in [9.17, 15) is 31.1 Å². The third-order valence-corrected chi connectivity index (χ3v) is 2.99. The SMILES string of the molecule is O=C(O)C1N=C(c2ccccc2)OC1(C(F)(F)F)C(F)(F)F. The largest absolute Gasteiger partial charge is 0.480 e. The van der Waals surface area contributed by atoms with Gasteiger partial charge in [0.15, 0.2) is 0 Å². The zero-order valence-electron chi connectivity index (χ0n) is 10.4. The Morgan fingerprint density at radius 2 is 1.59 bits per heavy atom. The van der Waals surface area contributed by atoms with Crippen LogP contribution in [-0.2, 0) is 9.53 Å². The molecule has 1 aliphatic heterocycles. The number of carbonyl (C=O) groups is 1. The van der Waals surface area contributed by atoms with Gasteiger partial charge in [-0.3, -0.25) is 0 Å². The van der Waals surface area contributed by atoms with Gasteiger partial charge in [-0.25, -0.2) is 9.79 Å². The van der Waals surface area contributed by atoms with Gasteiger partial charge in [-0.05, 0) is 12.1 Å². The van der Waals surface area contributed by atoms with Gasteiger partial charge in [0.05, 0.1) is 0 Å². The number of aliphatic imine (C=N–C) groups is 1. The highest BCUT2D eigenvalue weighted by molar-refractivity contribution is 5.98. The molecule has 0 bridgehead atoms. The zero-order valence-corrected chi connectivity index (χ0v) is 10.4. The van der Waals surface area contributed by atoms with Gasteiger partial charge in [0.1, 0.15) is 0 Å². The summed E-state index contributed by atoms with van der Waals surface area (Å²) in [5.41, 5.74) is -5.11. The predicted molar refractivity (Wildman–Crippen MR) is 60.3 cm³/mol. The summed E-state index contributed by atoms with van der Waals surface area (Å²) in [5, 5.41) is 8.75. The van der Waals surface area contributed by atoms with E-state index in [-0.39, 0.29) is 5.56 Å². The molecule has 1 aromatic carbocycles. The molecule has 1 heterocycles. The lowest BCUT2D eigenvalue weighted by Gasteiger charge is -2.34. The molecule has 0 fully saturated rings. The number of alkyl halides is 6. The summed E-state index contributed by atoms with van der Waals surface area (Å²) < 4.78 is 82.2. The Balaban J connectivity index is 2.60. The average Bonchev–Trinajstić information content (AvgIpc) is 2.80. The van der Waals surface area contributed by atoms with Crippen molar-refractivity contribution < 1.29 is 41.0 Å². The summed E-state index contributed by atoms with van der Waals surface area (Å²) in [6, 6.07) is 3.26. The lowest BCUT2D eigenvalue weighted by atomic mass is 9.93. The molecule has 120 valence electrons. The number of aliphatic carboxylic acids is 1. The molecule has 10 heteroatoms. The van der Waals surface area contributed by atoms with Gasteiger partial charge in [-0.1, -0.05) is 18.2 Å². The second kappa shape index (κ2) is 4.89. The van der Waals surface area contributed by atoms with Crippen LogP contribution in [0.15, 0.2) is 35.3 Å². The number of nitrogens with zero attached hydrogens (tertiary/aromatic N) is 1. The topological polar surface area (TPSA) is 58.9 Å². The Morgan fingerprint density at radius 3 is 1.95 bits per heavy atom. The Kier molecular flexibility index (Phi) is 3.58. The number of hydrogen-bond acceptors (Lipinski definition) is 3. The van der Waals surface area contributed by atoms with E-state index in [1.165, 1.54) is 18.2 Å². The fourth-order valence-corrected chi connectivity index (χ4v) is 1.97. The Hall–Kier alpha value is -2.26. The van der Waals surface area contributed by atoms with Gasteiger partial charge in [0, 0.05) is 5.56 Å². The first-order valence-electron chi connectivity index (χ1n) is 5.69. The van der Waals surface area contributed by atoms with Gasteiger partial charge in [-0.15, -0.1) is 0 Å². The molecule has 0 radical (unpaired) electrons. The molecule has 22 heavy (non-hydrogen) atoms. The number of rotatable bonds is 2. The molecule has 1 aliphatic rings. The molecule has 1 atom stereocenters. The number of ether oxygens (including phenoxy) is 1. The fourth-order valence-electron chi connectivity index (χ4n) is 1.97. The van der Waals surface area contributed by atoms with Gasteiger partial charge in [0.25, 0.3) is 0 Å². The van der Waals surface area contributed by atoms with Gasteiger partial charge >= 0.3 is 23.9 Å². The molecule has 0 saturated heterocycles. The summed E-state index contributed by atoms with van der Waals surface area (Å²) in [7, 11) is 0. The molecular weight excluding hydrogens is 320 g/mol. The molecule has 2 rings (SSSR count). The van der Waals surface area contributed by atoms with Crippen molar-refractivity contribution in [3.63, 3.8) is 0 Å². The highest BCUT2D eigenvalue weighted by Crippen LogP contribution is 2.52. The van der Waals surface area contributed by atoms with Gasteiger partial charge in [0.2, 0.25) is 11.9 Å². The van der Waals surface area contributed by atoms with Crippen LogP contribution in [0.4, 0.5) is 26.3 Å². The minimum Gasteiger partial charge on any atom is -0.480 e. The third kappa shape index (κ3) is 2.28. The molecule has 0 spiro atoms. The Morgan fingerprint density at radius 1 is 1.09 bits per heavy atom. The van der Waals surface area contributed by atoms with Crippen LogP contribution in [0, 0.1) is 0 Å². The van der Waals surface area contributed by atoms with Crippen LogP contribution in [0.3, 0.4) is 0 Å². The van der Waals surface area contributed by atoms with E-state index in [4.69, 9.17) is 5.11 Å². The van der Waals surface area contributed by atoms with E-state index in [0.29, 0.717) is 0 Å². The third-order valence-electron chi connectivity index (χ3n) is 2.99. The lowest BCUT2D eigenvalue weighted by molar-refractivity contribution is -0.359. The maximum absolute atomic E-state index is 13.0. The monoisotopic (exact) mass is 327 g/mol. The van der Waals surface area contributed by atoms with Gasteiger partial charge < -0.3 is 9.84 Å². The molecule has 1 unspecified atom stereocenters. The highest BCUT2D eigenvalue weighted by Gasteiger charge is 2.81. The average molecular weight is 327 g/mol. The normalized spacial score (nSPS) is 21.2. The lowest BCUT2D eigenvalue weighted by Crippen LogP contribution is -2.65. The maximum atomic E-state index is 13.0. The first-order chi connectivity index (χ1) is 10.0. The first-order valence-corrected chi connectivity index (χ1v) is 5.69. The van der Waals surface area contributed by atoms with E-state index in [0.717, 1.165) is 12.1 Å². The summed E-state index contributed by atoms with van der Waals surface area (Å²) in [6.45, 7) is 0. The molecular formula is C12H7F6NO3. The molecule has 0 saturated carbocycles. The maximum Gasteiger partial charge on any atom is 0.440 e. The van der Waals surface area contributed by atoms with Crippen molar-refractivity contribution in [1.82, 2.24) is 0 Å². The molecule has 4 nitrogen and oxygen atoms in total. The van der Waals surface area contributed by atoms with Crippen LogP contribution in [0.2, 0.25) is 0 Å². The molecule has 0 amide bonds. The molecule has 1 aromatic rings. The second-order valence-electron chi connectivity index (χ2n) is 4.37. The minimum absolute atomic E-state index is 0.191. The van der Waals surface area contributed by atoms with Crippen LogP contribution in [-0.4, -0.2) is 41.0 Å². The minimum atomic E-state index is -6.02. The van der Waals surface area contributed by atoms with Crippen molar-refractivity contribution in [2.75, 3.05) is 0 Å². The number of benzene rings is 1. The zero-order chi connectivity index (χ0) is 16.8. The first kappa shape index (κ1) is 16.1. The van der Waals surface area contributed by atoms with Crippen LogP contribution in [0.1, 0.15) is 5.56 Å². The Labute approximate surface area is 119 Å². The van der Waals surface area contributed by atoms with Crippen molar-refractivity contribution in [1.29, 1.82) is 0 Å². The van der Waals surface area contributed by atoms with E-state index in [1.54, 1.807) is 0 Å². The van der Waals surface area contributed by atoms with Crippen molar-refractivity contribution >= 4 is 11.9 Å². The summed E-state index contributed by atoms with van der Waals surface area (Å²) in [6.07, 6.45) is -12.0. The van der Waals surface area contributed by atoms with Crippen LogP contribution in [0.25, 0.3) is 0 Å². The highest BCUT2D eigenvalue weighted by atomic mass is 19.4. The second-order valence-corrected chi connectivity index (χ2v) is 4.37.